The first-order valence-corrected chi connectivity index (χ1v) is 8.75. The highest BCUT2D eigenvalue weighted by atomic mass is 15.3. The molecule has 0 aliphatic carbocycles. The minimum atomic E-state index is 0.142. The lowest BCUT2D eigenvalue weighted by molar-refractivity contribution is -0.0769. The van der Waals surface area contributed by atoms with E-state index in [0.717, 1.165) is 0 Å². The van der Waals surface area contributed by atoms with Crippen molar-refractivity contribution in [3.8, 4) is 0 Å². The minimum absolute atomic E-state index is 0.142. The van der Waals surface area contributed by atoms with Crippen LogP contribution in [0.1, 0.15) is 83.1 Å². The van der Waals surface area contributed by atoms with Crippen molar-refractivity contribution in [2.24, 2.45) is 22.7 Å². The summed E-state index contributed by atoms with van der Waals surface area (Å²) >= 11 is 0. The molecule has 0 aromatic rings. The van der Waals surface area contributed by atoms with Gasteiger partial charge in [-0.05, 0) is 55.9 Å². The molecule has 0 spiro atoms. The van der Waals surface area contributed by atoms with Gasteiger partial charge in [0.05, 0.1) is 0 Å². The molecule has 1 heteroatoms. The number of hydrogen-bond donors (Lipinski definition) is 0. The molecule has 0 saturated heterocycles. The summed E-state index contributed by atoms with van der Waals surface area (Å²) in [5.41, 5.74) is 3.81. The molecule has 0 radical (unpaired) electrons. The van der Waals surface area contributed by atoms with Crippen LogP contribution in [0.3, 0.4) is 0 Å². The summed E-state index contributed by atoms with van der Waals surface area (Å²) in [6.07, 6.45) is 0. The monoisotopic (exact) mass is 293 g/mol. The van der Waals surface area contributed by atoms with Gasteiger partial charge in [0.15, 0.2) is 0 Å². The van der Waals surface area contributed by atoms with Crippen molar-refractivity contribution >= 4 is 0 Å². The van der Waals surface area contributed by atoms with Crippen molar-refractivity contribution in [2.75, 3.05) is 0 Å². The first kappa shape index (κ1) is 18.6. The zero-order valence-electron chi connectivity index (χ0n) is 16.7. The fourth-order valence-electron chi connectivity index (χ4n) is 4.68. The lowest BCUT2D eigenvalue weighted by atomic mass is 9.50. The van der Waals surface area contributed by atoms with Crippen molar-refractivity contribution < 1.29 is 0 Å². The van der Waals surface area contributed by atoms with Crippen molar-refractivity contribution in [1.82, 2.24) is 4.90 Å². The molecule has 0 fully saturated rings. The molecule has 1 nitrogen and oxygen atoms in total. The van der Waals surface area contributed by atoms with Gasteiger partial charge in [-0.1, -0.05) is 55.4 Å². The van der Waals surface area contributed by atoms with Crippen LogP contribution in [0.5, 0.6) is 0 Å². The molecule has 124 valence electrons. The van der Waals surface area contributed by atoms with Gasteiger partial charge in [0.2, 0.25) is 0 Å². The number of rotatable bonds is 3. The third kappa shape index (κ3) is 2.45. The van der Waals surface area contributed by atoms with Crippen LogP contribution in [0.25, 0.3) is 0 Å². The largest absolute Gasteiger partial charge is 0.366 e. The summed E-state index contributed by atoms with van der Waals surface area (Å²) in [6.45, 7) is 28.9. The van der Waals surface area contributed by atoms with Crippen molar-refractivity contribution in [3.05, 3.63) is 11.3 Å². The average Bonchev–Trinajstić information content (AvgIpc) is 2.24. The highest BCUT2D eigenvalue weighted by Gasteiger charge is 2.58. The van der Waals surface area contributed by atoms with E-state index in [0.29, 0.717) is 17.9 Å². The first-order valence-electron chi connectivity index (χ1n) is 8.75. The normalized spacial score (nSPS) is 24.4. The van der Waals surface area contributed by atoms with Gasteiger partial charge in [0, 0.05) is 17.3 Å². The van der Waals surface area contributed by atoms with Gasteiger partial charge in [-0.2, -0.15) is 0 Å². The Kier molecular flexibility index (Phi) is 4.71. The smallest absolute Gasteiger partial charge is 0.0405 e. The summed E-state index contributed by atoms with van der Waals surface area (Å²) in [6, 6.07) is 0.529. The molecule has 21 heavy (non-hydrogen) atoms. The molecular weight excluding hydrogens is 254 g/mol. The number of hydrogen-bond acceptors (Lipinski definition) is 1. The molecule has 1 rings (SSSR count). The lowest BCUT2D eigenvalue weighted by Gasteiger charge is -2.65. The fraction of sp³-hybridized carbons (Fsp3) is 0.900. The van der Waals surface area contributed by atoms with Crippen LogP contribution >= 0.6 is 0 Å². The predicted molar refractivity (Wildman–Crippen MR) is 95.3 cm³/mol. The maximum atomic E-state index is 2.72. The molecule has 0 saturated carbocycles. The van der Waals surface area contributed by atoms with E-state index < -0.39 is 0 Å². The zero-order valence-corrected chi connectivity index (χ0v) is 16.7. The number of allylic oxidation sites excluding steroid dienone is 2. The highest BCUT2D eigenvalue weighted by Crippen LogP contribution is 2.60. The van der Waals surface area contributed by atoms with Gasteiger partial charge in [-0.15, -0.1) is 0 Å². The summed E-state index contributed by atoms with van der Waals surface area (Å²) < 4.78 is 0. The minimum Gasteiger partial charge on any atom is -0.366 e. The Morgan fingerprint density at radius 3 is 1.43 bits per heavy atom. The standard InChI is InChI=1S/C20H39N/c1-13(2)16-17(14(3)4)21(15(5)6)20(11,12)19(9,10)18(16,7)8/h13-15H,1-12H3. The van der Waals surface area contributed by atoms with Crippen LogP contribution in [-0.4, -0.2) is 16.5 Å². The molecule has 0 aromatic carbocycles. The van der Waals surface area contributed by atoms with Crippen molar-refractivity contribution in [2.45, 2.75) is 94.7 Å². The van der Waals surface area contributed by atoms with E-state index >= 15 is 0 Å². The molecule has 0 amide bonds. The van der Waals surface area contributed by atoms with Crippen LogP contribution in [-0.2, 0) is 0 Å². The Labute approximate surface area is 134 Å². The fourth-order valence-corrected chi connectivity index (χ4v) is 4.68. The van der Waals surface area contributed by atoms with Gasteiger partial charge >= 0.3 is 0 Å². The third-order valence-corrected chi connectivity index (χ3v) is 6.54. The summed E-state index contributed by atoms with van der Waals surface area (Å²) in [7, 11) is 0. The third-order valence-electron chi connectivity index (χ3n) is 6.54. The maximum Gasteiger partial charge on any atom is 0.0405 e. The topological polar surface area (TPSA) is 3.24 Å². The highest BCUT2D eigenvalue weighted by molar-refractivity contribution is 5.34. The Morgan fingerprint density at radius 1 is 0.714 bits per heavy atom. The molecule has 1 aliphatic rings. The quantitative estimate of drug-likeness (QED) is 0.607. The Hall–Kier alpha value is -0.460. The SMILES string of the molecule is CC(C)C1=C(C(C)C)C(C)(C)C(C)(C)C(C)(C)N1C(C)C. The van der Waals surface area contributed by atoms with Crippen LogP contribution in [0, 0.1) is 22.7 Å². The molecule has 0 aromatic heterocycles. The Balaban J connectivity index is 3.83. The van der Waals surface area contributed by atoms with Crippen LogP contribution in [0.4, 0.5) is 0 Å². The van der Waals surface area contributed by atoms with E-state index in [9.17, 15) is 0 Å². The molecule has 1 heterocycles. The maximum absolute atomic E-state index is 2.72. The number of nitrogens with zero attached hydrogens (tertiary/aromatic N) is 1. The van der Waals surface area contributed by atoms with Gasteiger partial charge in [0.25, 0.3) is 0 Å². The summed E-state index contributed by atoms with van der Waals surface area (Å²) in [4.78, 5) is 2.72. The van der Waals surface area contributed by atoms with Crippen LogP contribution in [0.15, 0.2) is 11.3 Å². The van der Waals surface area contributed by atoms with Gasteiger partial charge < -0.3 is 4.90 Å². The molecule has 0 atom stereocenters. The lowest BCUT2D eigenvalue weighted by Crippen LogP contribution is -2.65. The van der Waals surface area contributed by atoms with E-state index in [4.69, 9.17) is 0 Å². The Bertz CT molecular complexity index is 419. The summed E-state index contributed by atoms with van der Waals surface area (Å²) in [5.74, 6) is 1.16. The zero-order chi connectivity index (χ0) is 17.0. The van der Waals surface area contributed by atoms with E-state index in [2.05, 4.69) is 88.0 Å². The molecule has 1 aliphatic heterocycles. The van der Waals surface area contributed by atoms with E-state index in [1.54, 1.807) is 11.3 Å². The van der Waals surface area contributed by atoms with Gasteiger partial charge in [-0.25, -0.2) is 0 Å². The summed E-state index contributed by atoms with van der Waals surface area (Å²) in [5, 5.41) is 0. The van der Waals surface area contributed by atoms with Crippen LogP contribution in [0.2, 0.25) is 0 Å². The average molecular weight is 294 g/mol. The second-order valence-electron chi connectivity index (χ2n) is 9.38. The van der Waals surface area contributed by atoms with E-state index in [-0.39, 0.29) is 16.4 Å². The predicted octanol–water partition coefficient (Wildman–Crippen LogP) is 6.11. The van der Waals surface area contributed by atoms with Crippen molar-refractivity contribution in [1.29, 1.82) is 0 Å². The van der Waals surface area contributed by atoms with Gasteiger partial charge in [0.1, 0.15) is 0 Å². The Morgan fingerprint density at radius 2 is 1.14 bits per heavy atom. The van der Waals surface area contributed by atoms with Crippen LogP contribution < -0.4 is 0 Å². The molecular formula is C20H39N. The van der Waals surface area contributed by atoms with E-state index in [1.165, 1.54) is 0 Å². The molecule has 0 N–H and O–H groups in total. The van der Waals surface area contributed by atoms with Gasteiger partial charge in [-0.3, -0.25) is 0 Å². The second-order valence-corrected chi connectivity index (χ2v) is 9.38. The molecule has 0 unspecified atom stereocenters. The second kappa shape index (κ2) is 5.32. The first-order chi connectivity index (χ1) is 9.21. The van der Waals surface area contributed by atoms with E-state index in [1.807, 2.05) is 0 Å². The molecule has 0 bridgehead atoms. The van der Waals surface area contributed by atoms with Crippen molar-refractivity contribution in [3.63, 3.8) is 0 Å².